The zero-order chi connectivity index (χ0) is 23.2. The van der Waals surface area contributed by atoms with Crippen LogP contribution in [0.2, 0.25) is 18.1 Å². The maximum Gasteiger partial charge on any atom is 0.192 e. The molecular formula is C27H44O4Si. The van der Waals surface area contributed by atoms with Gasteiger partial charge in [0.15, 0.2) is 19.9 Å². The lowest BCUT2D eigenvalue weighted by Crippen LogP contribution is -2.57. The largest absolute Gasteiger partial charge is 0.414 e. The molecule has 1 saturated heterocycles. The molecule has 5 aliphatic rings. The van der Waals surface area contributed by atoms with Gasteiger partial charge in [0.25, 0.3) is 0 Å². The van der Waals surface area contributed by atoms with E-state index in [0.717, 1.165) is 32.1 Å². The van der Waals surface area contributed by atoms with Crippen molar-refractivity contribution in [2.75, 3.05) is 13.2 Å². The molecule has 3 saturated carbocycles. The Morgan fingerprint density at radius 2 is 1.72 bits per heavy atom. The zero-order valence-electron chi connectivity index (χ0n) is 21.4. The Labute approximate surface area is 196 Å². The van der Waals surface area contributed by atoms with Gasteiger partial charge >= 0.3 is 0 Å². The van der Waals surface area contributed by atoms with E-state index < -0.39 is 19.5 Å². The van der Waals surface area contributed by atoms with E-state index >= 15 is 0 Å². The molecule has 4 aliphatic carbocycles. The number of hydrogen-bond acceptors (Lipinski definition) is 4. The molecule has 0 aromatic heterocycles. The summed E-state index contributed by atoms with van der Waals surface area (Å²) in [7, 11) is -1.76. The third-order valence-corrected chi connectivity index (χ3v) is 15.5. The first kappa shape index (κ1) is 23.3. The van der Waals surface area contributed by atoms with Gasteiger partial charge in [-0.15, -0.1) is 0 Å². The Hall–Kier alpha value is -0.493. The third-order valence-electron chi connectivity index (χ3n) is 10.9. The smallest absolute Gasteiger partial charge is 0.192 e. The van der Waals surface area contributed by atoms with Gasteiger partial charge < -0.3 is 13.9 Å². The predicted octanol–water partition coefficient (Wildman–Crippen LogP) is 6.26. The lowest BCUT2D eigenvalue weighted by Gasteiger charge is -2.57. The summed E-state index contributed by atoms with van der Waals surface area (Å²) in [5.74, 6) is 1.06. The van der Waals surface area contributed by atoms with Crippen molar-refractivity contribution < 1.29 is 18.7 Å². The second kappa shape index (κ2) is 7.25. The highest BCUT2D eigenvalue weighted by Crippen LogP contribution is 2.66. The topological polar surface area (TPSA) is 44.8 Å². The molecule has 0 amide bonds. The molecule has 4 nitrogen and oxygen atoms in total. The summed E-state index contributed by atoms with van der Waals surface area (Å²) in [4.78, 5) is 13.7. The molecule has 0 aromatic carbocycles. The van der Waals surface area contributed by atoms with Crippen LogP contribution >= 0.6 is 0 Å². The average molecular weight is 461 g/mol. The van der Waals surface area contributed by atoms with Crippen molar-refractivity contribution in [3.63, 3.8) is 0 Å². The highest BCUT2D eigenvalue weighted by molar-refractivity contribution is 6.74. The SMILES string of the molecule is CC(C)(C)[Si](C)(C)OC1CC[C@]2(C)C3=CC(=O)[C@@]4(C)C(CCC45OCCO5)C3CC[C@@H]2C1. The number of carbonyl (C=O) groups excluding carboxylic acids is 1. The molecule has 6 atom stereocenters. The van der Waals surface area contributed by atoms with Crippen LogP contribution in [0.5, 0.6) is 0 Å². The van der Waals surface area contributed by atoms with Crippen LogP contribution in [0.25, 0.3) is 0 Å². The number of ketones is 1. The van der Waals surface area contributed by atoms with Crippen LogP contribution in [0, 0.1) is 28.6 Å². The molecule has 5 heteroatoms. The van der Waals surface area contributed by atoms with E-state index in [0.29, 0.717) is 37.1 Å². The molecular weight excluding hydrogens is 416 g/mol. The number of hydrogen-bond donors (Lipinski definition) is 0. The summed E-state index contributed by atoms with van der Waals surface area (Å²) in [6.45, 7) is 17.6. The maximum atomic E-state index is 13.7. The Kier molecular flexibility index (Phi) is 5.27. The van der Waals surface area contributed by atoms with Gasteiger partial charge in [0, 0.05) is 12.5 Å². The Bertz CT molecular complexity index is 820. The van der Waals surface area contributed by atoms with Gasteiger partial charge in [0.05, 0.1) is 18.6 Å². The molecule has 0 aromatic rings. The van der Waals surface area contributed by atoms with Crippen LogP contribution in [-0.2, 0) is 18.7 Å². The van der Waals surface area contributed by atoms with Crippen LogP contribution in [0.4, 0.5) is 0 Å². The van der Waals surface area contributed by atoms with E-state index in [4.69, 9.17) is 13.9 Å². The number of carbonyl (C=O) groups is 1. The summed E-state index contributed by atoms with van der Waals surface area (Å²) in [6.07, 6.45) is 10.2. The van der Waals surface area contributed by atoms with Crippen molar-refractivity contribution in [1.82, 2.24) is 0 Å². The monoisotopic (exact) mass is 460 g/mol. The van der Waals surface area contributed by atoms with Crippen molar-refractivity contribution in [2.45, 2.75) is 110 Å². The fourth-order valence-corrected chi connectivity index (χ4v) is 9.27. The maximum absolute atomic E-state index is 13.7. The van der Waals surface area contributed by atoms with E-state index in [1.54, 1.807) is 0 Å². The van der Waals surface area contributed by atoms with E-state index in [1.165, 1.54) is 18.4 Å². The van der Waals surface area contributed by atoms with E-state index in [9.17, 15) is 4.79 Å². The van der Waals surface area contributed by atoms with Crippen molar-refractivity contribution >= 4 is 14.1 Å². The van der Waals surface area contributed by atoms with Crippen molar-refractivity contribution in [3.05, 3.63) is 11.6 Å². The summed E-state index contributed by atoms with van der Waals surface area (Å²) < 4.78 is 19.2. The van der Waals surface area contributed by atoms with Crippen LogP contribution in [0.3, 0.4) is 0 Å². The van der Waals surface area contributed by atoms with E-state index in [1.807, 2.05) is 0 Å². The summed E-state index contributed by atoms with van der Waals surface area (Å²) in [5, 5.41) is 0.247. The van der Waals surface area contributed by atoms with Gasteiger partial charge in [-0.3, -0.25) is 4.79 Å². The second-order valence-corrected chi connectivity index (χ2v) is 18.1. The fraction of sp³-hybridized carbons (Fsp3) is 0.889. The minimum atomic E-state index is -1.76. The van der Waals surface area contributed by atoms with Crippen molar-refractivity contribution in [1.29, 1.82) is 0 Å². The normalized spacial score (nSPS) is 43.6. The van der Waals surface area contributed by atoms with Crippen LogP contribution in [0.1, 0.15) is 79.6 Å². The second-order valence-electron chi connectivity index (χ2n) is 13.3. The molecule has 32 heavy (non-hydrogen) atoms. The number of rotatable bonds is 2. The first-order chi connectivity index (χ1) is 14.8. The molecule has 180 valence electrons. The molecule has 0 N–H and O–H groups in total. The molecule has 1 spiro atoms. The lowest BCUT2D eigenvalue weighted by atomic mass is 9.48. The fourth-order valence-electron chi connectivity index (χ4n) is 7.87. The average Bonchev–Trinajstić information content (AvgIpc) is 3.29. The highest BCUT2D eigenvalue weighted by Gasteiger charge is 2.69. The van der Waals surface area contributed by atoms with E-state index in [2.05, 4.69) is 53.8 Å². The number of fused-ring (bicyclic) bond motifs is 6. The van der Waals surface area contributed by atoms with Crippen LogP contribution in [-0.4, -0.2) is 39.2 Å². The van der Waals surface area contributed by atoms with E-state index in [-0.39, 0.29) is 16.2 Å². The zero-order valence-corrected chi connectivity index (χ0v) is 22.4. The summed E-state index contributed by atoms with van der Waals surface area (Å²) in [6, 6.07) is 0. The molecule has 4 fully saturated rings. The Morgan fingerprint density at radius 3 is 2.38 bits per heavy atom. The summed E-state index contributed by atoms with van der Waals surface area (Å²) >= 11 is 0. The van der Waals surface area contributed by atoms with Crippen molar-refractivity contribution in [3.8, 4) is 0 Å². The lowest BCUT2D eigenvalue weighted by molar-refractivity contribution is -0.223. The quantitative estimate of drug-likeness (QED) is 0.456. The molecule has 1 heterocycles. The van der Waals surface area contributed by atoms with Crippen molar-refractivity contribution in [2.24, 2.45) is 28.6 Å². The minimum absolute atomic E-state index is 0.139. The van der Waals surface area contributed by atoms with Crippen LogP contribution < -0.4 is 0 Å². The van der Waals surface area contributed by atoms with Gasteiger partial charge in [-0.25, -0.2) is 0 Å². The minimum Gasteiger partial charge on any atom is -0.414 e. The Morgan fingerprint density at radius 1 is 1.03 bits per heavy atom. The third kappa shape index (κ3) is 3.06. The first-order valence-electron chi connectivity index (χ1n) is 13.1. The molecule has 0 radical (unpaired) electrons. The van der Waals surface area contributed by atoms with Gasteiger partial charge in [-0.2, -0.15) is 0 Å². The molecule has 3 unspecified atom stereocenters. The van der Waals surface area contributed by atoms with Gasteiger partial charge in [0.1, 0.15) is 0 Å². The standard InChI is InChI=1S/C27H44O4Si/c1-24(2,3)32(6,7)31-19-10-12-25(4)18(16-19)8-9-20-21-11-13-27(29-14-15-30-27)26(21,5)23(28)17-22(20)25/h17-21H,8-16H2,1-7H3/t18-,19?,20?,21?,25+,26-/m1/s1. The van der Waals surface area contributed by atoms with Gasteiger partial charge in [-0.1, -0.05) is 33.3 Å². The number of allylic oxidation sites excluding steroid dienone is 2. The number of ether oxygens (including phenoxy) is 2. The molecule has 5 rings (SSSR count). The van der Waals surface area contributed by atoms with Crippen LogP contribution in [0.15, 0.2) is 11.6 Å². The Balaban J connectivity index is 1.40. The summed E-state index contributed by atoms with van der Waals surface area (Å²) in [5.41, 5.74) is 1.08. The molecule has 1 aliphatic heterocycles. The first-order valence-corrected chi connectivity index (χ1v) is 16.0. The predicted molar refractivity (Wildman–Crippen MR) is 129 cm³/mol. The highest BCUT2D eigenvalue weighted by atomic mass is 28.4. The van der Waals surface area contributed by atoms with Gasteiger partial charge in [0.2, 0.25) is 0 Å². The molecule has 0 bridgehead atoms. The van der Waals surface area contributed by atoms with Gasteiger partial charge in [-0.05, 0) is 92.8 Å².